The minimum atomic E-state index is -0.434. The van der Waals surface area contributed by atoms with Crippen molar-refractivity contribution in [3.63, 3.8) is 0 Å². The van der Waals surface area contributed by atoms with Crippen LogP contribution in [-0.2, 0) is 32.4 Å². The summed E-state index contributed by atoms with van der Waals surface area (Å²) < 4.78 is 3.93. The van der Waals surface area contributed by atoms with Gasteiger partial charge >= 0.3 is 5.69 Å². The number of aldehydes is 1. The second kappa shape index (κ2) is 4.34. The number of carbonyl (C=O) groups is 1. The average molecular weight is 262 g/mol. The summed E-state index contributed by atoms with van der Waals surface area (Å²) in [6.07, 6.45) is 0.891. The molecule has 0 bridgehead atoms. The molecule has 0 radical (unpaired) electrons. The fourth-order valence-electron chi connectivity index (χ4n) is 1.97. The molecule has 0 atom stereocenters. The maximum absolute atomic E-state index is 12.1. The maximum Gasteiger partial charge on any atom is 0.332 e. The fourth-order valence-corrected chi connectivity index (χ4v) is 1.97. The van der Waals surface area contributed by atoms with Crippen LogP contribution < -0.4 is 11.2 Å². The van der Waals surface area contributed by atoms with Crippen molar-refractivity contribution in [1.29, 1.82) is 0 Å². The number of aryl methyl sites for hydroxylation is 2. The van der Waals surface area contributed by atoms with Crippen LogP contribution in [0.5, 0.6) is 0 Å². The molecule has 0 amide bonds. The van der Waals surface area contributed by atoms with Crippen LogP contribution in [0, 0.1) is 0 Å². The molecule has 2 rings (SSSR count). The van der Waals surface area contributed by atoms with Crippen LogP contribution in [0.25, 0.3) is 11.2 Å². The normalized spacial score (nSPS) is 10.9. The molecule has 2 aromatic heterocycles. The maximum atomic E-state index is 12.1. The van der Waals surface area contributed by atoms with E-state index in [1.54, 1.807) is 18.7 Å². The van der Waals surface area contributed by atoms with E-state index in [1.165, 1.54) is 11.6 Å². The van der Waals surface area contributed by atoms with Crippen molar-refractivity contribution in [1.82, 2.24) is 18.7 Å². The number of aromatic nitrogens is 4. The van der Waals surface area contributed by atoms with Gasteiger partial charge in [0.2, 0.25) is 0 Å². The summed E-state index contributed by atoms with van der Waals surface area (Å²) >= 11 is 0. The molecule has 0 unspecified atom stereocenters. The van der Waals surface area contributed by atoms with Gasteiger partial charge in [-0.1, -0.05) is 6.58 Å². The lowest BCUT2D eigenvalue weighted by Gasteiger charge is -2.03. The van der Waals surface area contributed by atoms with Crippen molar-refractivity contribution in [2.24, 2.45) is 21.1 Å². The van der Waals surface area contributed by atoms with E-state index in [-0.39, 0.29) is 6.42 Å². The van der Waals surface area contributed by atoms with E-state index in [1.807, 2.05) is 0 Å². The minimum absolute atomic E-state index is 0.242. The van der Waals surface area contributed by atoms with E-state index in [2.05, 4.69) is 11.6 Å². The summed E-state index contributed by atoms with van der Waals surface area (Å²) in [4.78, 5) is 38.8. The average Bonchev–Trinajstić information content (AvgIpc) is 2.71. The van der Waals surface area contributed by atoms with E-state index in [0.717, 1.165) is 4.57 Å². The summed E-state index contributed by atoms with van der Waals surface area (Å²) in [7, 11) is 4.64. The molecule has 0 N–H and O–H groups in total. The van der Waals surface area contributed by atoms with Crippen molar-refractivity contribution in [3.05, 3.63) is 38.8 Å². The highest BCUT2D eigenvalue weighted by atomic mass is 16.2. The smallest absolute Gasteiger partial charge is 0.325 e. The lowest BCUT2D eigenvalue weighted by atomic mass is 10.2. The van der Waals surface area contributed by atoms with Crippen molar-refractivity contribution >= 4 is 17.5 Å². The predicted molar refractivity (Wildman–Crippen MR) is 70.1 cm³/mol. The second-order valence-corrected chi connectivity index (χ2v) is 4.42. The van der Waals surface area contributed by atoms with E-state index in [9.17, 15) is 14.4 Å². The Morgan fingerprint density at radius 1 is 1.21 bits per heavy atom. The van der Waals surface area contributed by atoms with Crippen LogP contribution in [0.4, 0.5) is 0 Å². The van der Waals surface area contributed by atoms with Crippen molar-refractivity contribution < 1.29 is 4.79 Å². The lowest BCUT2D eigenvalue weighted by Crippen LogP contribution is -2.37. The summed E-state index contributed by atoms with van der Waals surface area (Å²) in [5.74, 6) is 0.519. The Labute approximate surface area is 108 Å². The molecule has 100 valence electrons. The highest BCUT2D eigenvalue weighted by molar-refractivity contribution is 5.74. The van der Waals surface area contributed by atoms with Gasteiger partial charge in [0.05, 0.1) is 0 Å². The zero-order chi connectivity index (χ0) is 14.3. The first kappa shape index (κ1) is 13.0. The molecule has 0 fully saturated rings. The molecule has 0 aromatic carbocycles. The molecule has 0 saturated heterocycles. The molecule has 0 spiro atoms. The third kappa shape index (κ3) is 1.83. The van der Waals surface area contributed by atoms with E-state index < -0.39 is 11.2 Å². The van der Waals surface area contributed by atoms with Gasteiger partial charge in [-0.05, 0) is 5.57 Å². The molecule has 19 heavy (non-hydrogen) atoms. The zero-order valence-electron chi connectivity index (χ0n) is 11.0. The quantitative estimate of drug-likeness (QED) is 0.539. The predicted octanol–water partition coefficient (Wildman–Crippen LogP) is -0.732. The largest absolute Gasteiger partial charge is 0.332 e. The Hall–Kier alpha value is -2.44. The van der Waals surface area contributed by atoms with Crippen LogP contribution in [0.15, 0.2) is 21.7 Å². The van der Waals surface area contributed by atoms with Gasteiger partial charge in [0.25, 0.3) is 5.56 Å². The number of allylic oxidation sites excluding steroid dienone is 1. The number of nitrogens with zero attached hydrogens (tertiary/aromatic N) is 4. The lowest BCUT2D eigenvalue weighted by molar-refractivity contribution is -0.105. The number of imidazole rings is 1. The SMILES string of the molecule is C=C(C=O)Cc1nc2c(c(=O)n(C)c(=O)n2C)n1C. The third-order valence-electron chi connectivity index (χ3n) is 3.12. The van der Waals surface area contributed by atoms with Crippen molar-refractivity contribution in [2.75, 3.05) is 0 Å². The Morgan fingerprint density at radius 2 is 1.84 bits per heavy atom. The molecule has 0 aliphatic rings. The first-order chi connectivity index (χ1) is 8.88. The van der Waals surface area contributed by atoms with Crippen molar-refractivity contribution in [2.45, 2.75) is 6.42 Å². The first-order valence-corrected chi connectivity index (χ1v) is 5.62. The zero-order valence-corrected chi connectivity index (χ0v) is 11.0. The third-order valence-corrected chi connectivity index (χ3v) is 3.12. The highest BCUT2D eigenvalue weighted by Crippen LogP contribution is 2.11. The molecule has 0 aliphatic heterocycles. The topological polar surface area (TPSA) is 78.9 Å². The summed E-state index contributed by atoms with van der Waals surface area (Å²) in [6, 6.07) is 0. The van der Waals surface area contributed by atoms with Crippen LogP contribution >= 0.6 is 0 Å². The Balaban J connectivity index is 2.84. The second-order valence-electron chi connectivity index (χ2n) is 4.42. The molecule has 0 aliphatic carbocycles. The molecule has 2 heterocycles. The molecular weight excluding hydrogens is 248 g/mol. The number of hydrogen-bond acceptors (Lipinski definition) is 4. The Morgan fingerprint density at radius 3 is 2.42 bits per heavy atom. The van der Waals surface area contributed by atoms with Gasteiger partial charge in [0.1, 0.15) is 12.1 Å². The molecule has 0 saturated carbocycles. The van der Waals surface area contributed by atoms with Gasteiger partial charge in [0.15, 0.2) is 11.2 Å². The number of fused-ring (bicyclic) bond motifs is 1. The number of hydrogen-bond donors (Lipinski definition) is 0. The molecule has 2 aromatic rings. The van der Waals surface area contributed by atoms with Crippen LogP contribution in [0.2, 0.25) is 0 Å². The highest BCUT2D eigenvalue weighted by Gasteiger charge is 2.16. The van der Waals surface area contributed by atoms with E-state index >= 15 is 0 Å². The van der Waals surface area contributed by atoms with Gasteiger partial charge in [0, 0.05) is 27.6 Å². The standard InChI is InChI=1S/C12H14N4O3/c1-7(6-17)5-8-13-10-9(14(8)2)11(18)16(4)12(19)15(10)3/h6H,1,5H2,2-4H3. The van der Waals surface area contributed by atoms with Gasteiger partial charge in [-0.25, -0.2) is 9.78 Å². The Kier molecular flexibility index (Phi) is 2.97. The van der Waals surface area contributed by atoms with Gasteiger partial charge in [-0.15, -0.1) is 0 Å². The van der Waals surface area contributed by atoms with Crippen LogP contribution in [-0.4, -0.2) is 25.0 Å². The first-order valence-electron chi connectivity index (χ1n) is 5.62. The van der Waals surface area contributed by atoms with Gasteiger partial charge in [-0.2, -0.15) is 0 Å². The molecule has 7 heteroatoms. The number of rotatable bonds is 3. The van der Waals surface area contributed by atoms with Crippen molar-refractivity contribution in [3.8, 4) is 0 Å². The monoisotopic (exact) mass is 262 g/mol. The summed E-state index contributed by atoms with van der Waals surface area (Å²) in [5, 5.41) is 0. The van der Waals surface area contributed by atoms with Gasteiger partial charge < -0.3 is 4.57 Å². The minimum Gasteiger partial charge on any atom is -0.325 e. The molecular formula is C12H14N4O3. The van der Waals surface area contributed by atoms with E-state index in [4.69, 9.17) is 0 Å². The molecule has 7 nitrogen and oxygen atoms in total. The van der Waals surface area contributed by atoms with Crippen LogP contribution in [0.1, 0.15) is 5.82 Å². The fraction of sp³-hybridized carbons (Fsp3) is 0.333. The van der Waals surface area contributed by atoms with Crippen LogP contribution in [0.3, 0.4) is 0 Å². The Bertz CT molecular complexity index is 807. The summed E-state index contributed by atoms with van der Waals surface area (Å²) in [5.41, 5.74) is 0.162. The van der Waals surface area contributed by atoms with E-state index in [0.29, 0.717) is 28.8 Å². The number of carbonyl (C=O) groups excluding carboxylic acids is 1. The summed E-state index contributed by atoms with van der Waals surface area (Å²) in [6.45, 7) is 3.59. The van der Waals surface area contributed by atoms with Gasteiger partial charge in [-0.3, -0.25) is 18.7 Å².